The maximum Gasteiger partial charge on any atom is 0.150 e. The van der Waals surface area contributed by atoms with Gasteiger partial charge in [0.1, 0.15) is 0 Å². The van der Waals surface area contributed by atoms with Gasteiger partial charge in [0.15, 0.2) is 5.76 Å². The van der Waals surface area contributed by atoms with Gasteiger partial charge in [0.2, 0.25) is 0 Å². The maximum absolute atomic E-state index is 5.24. The van der Waals surface area contributed by atoms with Gasteiger partial charge >= 0.3 is 0 Å². The van der Waals surface area contributed by atoms with E-state index in [-0.39, 0.29) is 5.54 Å². The van der Waals surface area contributed by atoms with Crippen LogP contribution < -0.4 is 5.32 Å². The monoisotopic (exact) mass is 299 g/mol. The molecular formula is C18H25N3O. The summed E-state index contributed by atoms with van der Waals surface area (Å²) in [6.45, 7) is 10.4. The molecule has 1 aliphatic rings. The highest BCUT2D eigenvalue weighted by atomic mass is 16.5. The molecule has 4 nitrogen and oxygen atoms in total. The van der Waals surface area contributed by atoms with Gasteiger partial charge < -0.3 is 9.84 Å². The van der Waals surface area contributed by atoms with Gasteiger partial charge in [-0.05, 0) is 38.3 Å². The molecule has 0 radical (unpaired) electrons. The summed E-state index contributed by atoms with van der Waals surface area (Å²) >= 11 is 0. The summed E-state index contributed by atoms with van der Waals surface area (Å²) in [6.07, 6.45) is 1.14. The van der Waals surface area contributed by atoms with Crippen LogP contribution in [0.3, 0.4) is 0 Å². The first-order valence-corrected chi connectivity index (χ1v) is 7.99. The highest BCUT2D eigenvalue weighted by Gasteiger charge is 2.29. The number of rotatable bonds is 5. The first kappa shape index (κ1) is 15.3. The lowest BCUT2D eigenvalue weighted by Crippen LogP contribution is -2.52. The average molecular weight is 299 g/mol. The molecule has 0 bridgehead atoms. The van der Waals surface area contributed by atoms with E-state index in [1.54, 1.807) is 0 Å². The molecule has 1 N–H and O–H groups in total. The van der Waals surface area contributed by atoms with Crippen LogP contribution in [-0.4, -0.2) is 28.7 Å². The minimum absolute atomic E-state index is 0.114. The highest BCUT2D eigenvalue weighted by Crippen LogP contribution is 2.24. The number of benzene rings is 1. The molecule has 1 aromatic heterocycles. The highest BCUT2D eigenvalue weighted by molar-refractivity contribution is 5.29. The van der Waals surface area contributed by atoms with Gasteiger partial charge in [0.25, 0.3) is 0 Å². The number of hydrogen-bond donors (Lipinski definition) is 1. The van der Waals surface area contributed by atoms with Crippen molar-refractivity contribution in [1.82, 2.24) is 15.4 Å². The van der Waals surface area contributed by atoms with Crippen molar-refractivity contribution in [3.05, 3.63) is 52.9 Å². The van der Waals surface area contributed by atoms with Crippen LogP contribution in [0.25, 0.3) is 0 Å². The number of hydrogen-bond acceptors (Lipinski definition) is 4. The van der Waals surface area contributed by atoms with Gasteiger partial charge in [-0.3, -0.25) is 4.90 Å². The molecule has 0 unspecified atom stereocenters. The Hall–Kier alpha value is -1.65. The topological polar surface area (TPSA) is 41.3 Å². The number of aryl methyl sites for hydroxylation is 1. The molecule has 22 heavy (non-hydrogen) atoms. The minimum Gasteiger partial charge on any atom is -0.360 e. The lowest BCUT2D eigenvalue weighted by Gasteiger charge is -2.41. The summed E-state index contributed by atoms with van der Waals surface area (Å²) < 4.78 is 5.24. The molecular weight excluding hydrogens is 274 g/mol. The fourth-order valence-electron chi connectivity index (χ4n) is 3.12. The zero-order valence-electron chi connectivity index (χ0n) is 13.7. The fraction of sp³-hybridized carbons (Fsp3) is 0.500. The van der Waals surface area contributed by atoms with Gasteiger partial charge in [-0.1, -0.05) is 29.4 Å². The molecule has 0 spiro atoms. The van der Waals surface area contributed by atoms with E-state index in [0.29, 0.717) is 0 Å². The van der Waals surface area contributed by atoms with Crippen LogP contribution >= 0.6 is 0 Å². The smallest absolute Gasteiger partial charge is 0.150 e. The first-order valence-electron chi connectivity index (χ1n) is 7.99. The van der Waals surface area contributed by atoms with Gasteiger partial charge in [-0.15, -0.1) is 0 Å². The van der Waals surface area contributed by atoms with Crippen LogP contribution in [0.2, 0.25) is 0 Å². The van der Waals surface area contributed by atoms with E-state index < -0.39 is 0 Å². The number of nitrogens with one attached hydrogen (secondary N) is 1. The lowest BCUT2D eigenvalue weighted by molar-refractivity contribution is 0.102. The molecule has 0 atom stereocenters. The van der Waals surface area contributed by atoms with Crippen molar-refractivity contribution in [2.75, 3.05) is 13.1 Å². The van der Waals surface area contributed by atoms with E-state index >= 15 is 0 Å². The largest absolute Gasteiger partial charge is 0.360 e. The third kappa shape index (κ3) is 3.39. The minimum atomic E-state index is 0.114. The first-order chi connectivity index (χ1) is 10.5. The molecule has 0 saturated heterocycles. The summed E-state index contributed by atoms with van der Waals surface area (Å²) in [4.78, 5) is 2.56. The van der Waals surface area contributed by atoms with Crippen LogP contribution in [0.15, 0.2) is 34.9 Å². The predicted molar refractivity (Wildman–Crippen MR) is 87.6 cm³/mol. The number of fused-ring (bicyclic) bond motifs is 1. The van der Waals surface area contributed by atoms with Crippen molar-refractivity contribution in [2.45, 2.75) is 45.8 Å². The fourth-order valence-corrected chi connectivity index (χ4v) is 3.12. The van der Waals surface area contributed by atoms with Gasteiger partial charge in [0.05, 0.1) is 12.2 Å². The molecule has 118 valence electrons. The third-order valence-electron chi connectivity index (χ3n) is 4.52. The Bertz CT molecular complexity index is 633. The quantitative estimate of drug-likeness (QED) is 0.921. The second-order valence-electron chi connectivity index (χ2n) is 6.79. The SMILES string of the molecule is Cc1cc(CNCC(C)(C)N2CCc3ccccc3C2)on1. The Morgan fingerprint density at radius 3 is 2.77 bits per heavy atom. The number of nitrogens with zero attached hydrogens (tertiary/aromatic N) is 2. The van der Waals surface area contributed by atoms with Crippen LogP contribution in [0.5, 0.6) is 0 Å². The molecule has 1 aliphatic heterocycles. The van der Waals surface area contributed by atoms with E-state index in [0.717, 1.165) is 44.1 Å². The predicted octanol–water partition coefficient (Wildman–Crippen LogP) is 2.91. The number of aromatic nitrogens is 1. The standard InChI is InChI=1S/C18H25N3O/c1-14-10-17(22-20-14)11-19-13-18(2,3)21-9-8-15-6-4-5-7-16(15)12-21/h4-7,10,19H,8-9,11-13H2,1-3H3. The average Bonchev–Trinajstić information content (AvgIpc) is 2.92. The van der Waals surface area contributed by atoms with Crippen LogP contribution in [0.1, 0.15) is 36.4 Å². The summed E-state index contributed by atoms with van der Waals surface area (Å²) in [5.41, 5.74) is 4.01. The van der Waals surface area contributed by atoms with E-state index in [4.69, 9.17) is 4.52 Å². The van der Waals surface area contributed by atoms with E-state index in [1.165, 1.54) is 11.1 Å². The summed E-state index contributed by atoms with van der Waals surface area (Å²) in [5, 5.41) is 7.42. The van der Waals surface area contributed by atoms with Crippen molar-refractivity contribution in [2.24, 2.45) is 0 Å². The summed E-state index contributed by atoms with van der Waals surface area (Å²) in [7, 11) is 0. The Labute approximate surface area is 132 Å². The van der Waals surface area contributed by atoms with E-state index in [2.05, 4.69) is 53.5 Å². The van der Waals surface area contributed by atoms with Gasteiger partial charge in [-0.2, -0.15) is 0 Å². The molecule has 0 amide bonds. The van der Waals surface area contributed by atoms with Crippen molar-refractivity contribution < 1.29 is 4.52 Å². The molecule has 2 aromatic rings. The Morgan fingerprint density at radius 1 is 1.27 bits per heavy atom. The lowest BCUT2D eigenvalue weighted by atomic mass is 9.94. The molecule has 3 rings (SSSR count). The van der Waals surface area contributed by atoms with Crippen molar-refractivity contribution in [3.8, 4) is 0 Å². The zero-order chi connectivity index (χ0) is 15.6. The summed E-state index contributed by atoms with van der Waals surface area (Å²) in [6, 6.07) is 10.8. The van der Waals surface area contributed by atoms with Gasteiger partial charge in [0, 0.05) is 31.2 Å². The molecule has 0 fully saturated rings. The van der Waals surface area contributed by atoms with Crippen LogP contribution in [0.4, 0.5) is 0 Å². The third-order valence-corrected chi connectivity index (χ3v) is 4.52. The molecule has 0 aliphatic carbocycles. The van der Waals surface area contributed by atoms with Gasteiger partial charge in [-0.25, -0.2) is 0 Å². The van der Waals surface area contributed by atoms with Crippen molar-refractivity contribution in [3.63, 3.8) is 0 Å². The Morgan fingerprint density at radius 2 is 2.05 bits per heavy atom. The van der Waals surface area contributed by atoms with Crippen molar-refractivity contribution >= 4 is 0 Å². The Kier molecular flexibility index (Phi) is 4.32. The molecule has 2 heterocycles. The Balaban J connectivity index is 1.56. The molecule has 4 heteroatoms. The van der Waals surface area contributed by atoms with Crippen molar-refractivity contribution in [1.29, 1.82) is 0 Å². The van der Waals surface area contributed by atoms with Crippen LogP contribution in [0, 0.1) is 6.92 Å². The summed E-state index contributed by atoms with van der Waals surface area (Å²) in [5.74, 6) is 0.900. The maximum atomic E-state index is 5.24. The van der Waals surface area contributed by atoms with Crippen LogP contribution in [-0.2, 0) is 19.5 Å². The zero-order valence-corrected chi connectivity index (χ0v) is 13.7. The second-order valence-corrected chi connectivity index (χ2v) is 6.79. The van der Waals surface area contributed by atoms with E-state index in [1.807, 2.05) is 13.0 Å². The van der Waals surface area contributed by atoms with E-state index in [9.17, 15) is 0 Å². The molecule has 1 aromatic carbocycles. The normalized spacial score (nSPS) is 15.8. The molecule has 0 saturated carbocycles. The second kappa shape index (κ2) is 6.23.